The summed E-state index contributed by atoms with van der Waals surface area (Å²) in [5.41, 5.74) is -0.0105. The summed E-state index contributed by atoms with van der Waals surface area (Å²) >= 11 is 5.90. The van der Waals surface area contributed by atoms with Gasteiger partial charge >= 0.3 is 0 Å². The number of fused-ring (bicyclic) bond motifs is 1. The molecule has 2 aromatic heterocycles. The molecule has 3 rings (SSSR count). The minimum absolute atomic E-state index is 0.0113. The van der Waals surface area contributed by atoms with Gasteiger partial charge in [0.2, 0.25) is 12.0 Å². The molecular formula is C12H6ClF2N3O. The van der Waals surface area contributed by atoms with Gasteiger partial charge in [-0.3, -0.25) is 0 Å². The Labute approximate surface area is 111 Å². The van der Waals surface area contributed by atoms with E-state index < -0.39 is 11.6 Å². The Morgan fingerprint density at radius 2 is 2.00 bits per heavy atom. The predicted octanol–water partition coefficient (Wildman–Crippen LogP) is 2.59. The summed E-state index contributed by atoms with van der Waals surface area (Å²) in [7, 11) is 0. The van der Waals surface area contributed by atoms with Crippen molar-refractivity contribution in [3.05, 3.63) is 58.7 Å². The lowest BCUT2D eigenvalue weighted by Crippen LogP contribution is -2.24. The van der Waals surface area contributed by atoms with Crippen molar-refractivity contribution in [3.63, 3.8) is 0 Å². The van der Waals surface area contributed by atoms with E-state index in [0.29, 0.717) is 4.73 Å². The quantitative estimate of drug-likeness (QED) is 0.508. The van der Waals surface area contributed by atoms with Crippen LogP contribution >= 0.6 is 11.6 Å². The molecule has 0 radical (unpaired) electrons. The van der Waals surface area contributed by atoms with Gasteiger partial charge < -0.3 is 5.21 Å². The molecule has 0 N–H and O–H groups in total. The number of nitrogens with zero attached hydrogens (tertiary/aromatic N) is 3. The van der Waals surface area contributed by atoms with Crippen molar-refractivity contribution in [2.75, 3.05) is 0 Å². The Morgan fingerprint density at radius 3 is 2.74 bits per heavy atom. The third-order valence-corrected chi connectivity index (χ3v) is 2.95. The second-order valence-electron chi connectivity index (χ2n) is 3.91. The zero-order chi connectivity index (χ0) is 13.6. The zero-order valence-corrected chi connectivity index (χ0v) is 10.1. The fraction of sp³-hybridized carbons (Fsp3) is 0. The molecule has 0 amide bonds. The predicted molar refractivity (Wildman–Crippen MR) is 65.0 cm³/mol. The van der Waals surface area contributed by atoms with Gasteiger partial charge in [0, 0.05) is 6.20 Å². The number of benzene rings is 1. The lowest BCUT2D eigenvalue weighted by atomic mass is 10.3. The first-order chi connectivity index (χ1) is 9.06. The van der Waals surface area contributed by atoms with Crippen molar-refractivity contribution in [2.45, 2.75) is 0 Å². The van der Waals surface area contributed by atoms with Gasteiger partial charge in [0.1, 0.15) is 17.0 Å². The van der Waals surface area contributed by atoms with E-state index in [1.54, 1.807) is 0 Å². The summed E-state index contributed by atoms with van der Waals surface area (Å²) in [6.45, 7) is 0. The van der Waals surface area contributed by atoms with E-state index in [9.17, 15) is 14.0 Å². The Balaban J connectivity index is 2.30. The second-order valence-corrected chi connectivity index (χ2v) is 4.32. The minimum Gasteiger partial charge on any atom is -0.619 e. The fourth-order valence-corrected chi connectivity index (χ4v) is 2.09. The summed E-state index contributed by atoms with van der Waals surface area (Å²) in [5.74, 6) is -1.37. The summed E-state index contributed by atoms with van der Waals surface area (Å²) in [4.78, 5) is 0. The van der Waals surface area contributed by atoms with Crippen LogP contribution in [0.3, 0.4) is 0 Å². The summed E-state index contributed by atoms with van der Waals surface area (Å²) in [6, 6.07) is 4.17. The third kappa shape index (κ3) is 1.90. The smallest absolute Gasteiger partial charge is 0.218 e. The summed E-state index contributed by atoms with van der Waals surface area (Å²) in [5, 5.41) is 15.4. The van der Waals surface area contributed by atoms with Crippen LogP contribution in [0.1, 0.15) is 0 Å². The van der Waals surface area contributed by atoms with Crippen LogP contribution in [0.5, 0.6) is 0 Å². The molecule has 0 aliphatic rings. The molecule has 0 unspecified atom stereocenters. The average molecular weight is 282 g/mol. The highest BCUT2D eigenvalue weighted by Gasteiger charge is 2.15. The molecular weight excluding hydrogens is 276 g/mol. The van der Waals surface area contributed by atoms with Gasteiger partial charge in [-0.05, 0) is 12.1 Å². The molecule has 19 heavy (non-hydrogen) atoms. The van der Waals surface area contributed by atoms with E-state index in [2.05, 4.69) is 5.10 Å². The average Bonchev–Trinajstić information content (AvgIpc) is 2.72. The Hall–Kier alpha value is -2.21. The highest BCUT2D eigenvalue weighted by Crippen LogP contribution is 2.25. The number of pyridine rings is 1. The molecule has 3 aromatic rings. The highest BCUT2D eigenvalue weighted by molar-refractivity contribution is 6.32. The number of halogens is 3. The van der Waals surface area contributed by atoms with Gasteiger partial charge in [-0.25, -0.2) is 9.07 Å². The Kier molecular flexibility index (Phi) is 2.60. The second kappa shape index (κ2) is 4.17. The molecule has 0 saturated carbocycles. The fourth-order valence-electron chi connectivity index (χ4n) is 1.84. The Bertz CT molecular complexity index is 768. The topological polar surface area (TPSA) is 44.8 Å². The van der Waals surface area contributed by atoms with Crippen molar-refractivity contribution >= 4 is 22.5 Å². The number of rotatable bonds is 1. The molecule has 0 aliphatic carbocycles. The lowest BCUT2D eigenvalue weighted by molar-refractivity contribution is -0.605. The van der Waals surface area contributed by atoms with Crippen LogP contribution in [0.2, 0.25) is 5.02 Å². The van der Waals surface area contributed by atoms with Crippen LogP contribution in [-0.4, -0.2) is 9.78 Å². The van der Waals surface area contributed by atoms with Crippen LogP contribution in [0.15, 0.2) is 36.8 Å². The number of para-hydroxylation sites is 1. The third-order valence-electron chi connectivity index (χ3n) is 2.64. The first-order valence-corrected chi connectivity index (χ1v) is 5.66. The monoisotopic (exact) mass is 281 g/mol. The molecule has 7 heteroatoms. The molecule has 0 fully saturated rings. The molecule has 1 aromatic carbocycles. The molecule has 2 heterocycles. The van der Waals surface area contributed by atoms with Crippen LogP contribution in [-0.2, 0) is 0 Å². The lowest BCUT2D eigenvalue weighted by Gasteiger charge is -2.04. The normalized spacial score (nSPS) is 11.1. The number of hydrogen-bond donors (Lipinski definition) is 0. The van der Waals surface area contributed by atoms with E-state index >= 15 is 0 Å². The molecule has 96 valence electrons. The van der Waals surface area contributed by atoms with Gasteiger partial charge in [0.15, 0.2) is 6.20 Å². The Morgan fingerprint density at radius 1 is 1.21 bits per heavy atom. The van der Waals surface area contributed by atoms with Crippen molar-refractivity contribution < 1.29 is 13.5 Å². The maximum atomic E-state index is 13.7. The number of hydrogen-bond acceptors (Lipinski definition) is 2. The van der Waals surface area contributed by atoms with E-state index in [-0.39, 0.29) is 21.6 Å². The van der Waals surface area contributed by atoms with Gasteiger partial charge in [-0.15, -0.1) is 0 Å². The highest BCUT2D eigenvalue weighted by atomic mass is 35.5. The molecule has 0 atom stereocenters. The minimum atomic E-state index is -0.779. The molecule has 0 bridgehead atoms. The van der Waals surface area contributed by atoms with E-state index in [0.717, 1.165) is 17.1 Å². The molecule has 0 spiro atoms. The van der Waals surface area contributed by atoms with Crippen molar-refractivity contribution in [3.8, 4) is 5.69 Å². The SMILES string of the molecule is [O-][n+]1cc(F)c2nn(-c3c(F)cccc3Cl)cc2c1. The van der Waals surface area contributed by atoms with Crippen LogP contribution in [0, 0.1) is 16.8 Å². The largest absolute Gasteiger partial charge is 0.619 e. The molecule has 0 aliphatic heterocycles. The van der Waals surface area contributed by atoms with Crippen molar-refractivity contribution in [1.29, 1.82) is 0 Å². The van der Waals surface area contributed by atoms with Crippen LogP contribution < -0.4 is 4.73 Å². The molecule has 0 saturated heterocycles. The van der Waals surface area contributed by atoms with Crippen molar-refractivity contribution in [1.82, 2.24) is 9.78 Å². The van der Waals surface area contributed by atoms with Crippen LogP contribution in [0.25, 0.3) is 16.6 Å². The maximum absolute atomic E-state index is 13.7. The first-order valence-electron chi connectivity index (χ1n) is 5.28. The van der Waals surface area contributed by atoms with Crippen LogP contribution in [0.4, 0.5) is 8.78 Å². The van der Waals surface area contributed by atoms with E-state index in [1.807, 2.05) is 0 Å². The standard InChI is InChI=1S/C12H6ClF2N3O/c13-8-2-1-3-9(14)12(8)18-5-7-4-17(19)6-10(15)11(7)16-18/h1-6H. The van der Waals surface area contributed by atoms with Crippen molar-refractivity contribution in [2.24, 2.45) is 0 Å². The van der Waals surface area contributed by atoms with Gasteiger partial charge in [0.05, 0.1) is 10.4 Å². The molecule has 4 nitrogen and oxygen atoms in total. The first kappa shape index (κ1) is 11.9. The summed E-state index contributed by atoms with van der Waals surface area (Å²) < 4.78 is 28.7. The number of aromatic nitrogens is 3. The van der Waals surface area contributed by atoms with E-state index in [1.165, 1.54) is 24.4 Å². The zero-order valence-electron chi connectivity index (χ0n) is 9.35. The summed E-state index contributed by atoms with van der Waals surface area (Å²) in [6.07, 6.45) is 3.25. The van der Waals surface area contributed by atoms with Gasteiger partial charge in [-0.1, -0.05) is 17.7 Å². The van der Waals surface area contributed by atoms with Gasteiger partial charge in [0.25, 0.3) is 0 Å². The van der Waals surface area contributed by atoms with Gasteiger partial charge in [-0.2, -0.15) is 14.2 Å². The van der Waals surface area contributed by atoms with E-state index in [4.69, 9.17) is 11.6 Å². The maximum Gasteiger partial charge on any atom is 0.218 e.